The first-order chi connectivity index (χ1) is 7.58. The molecule has 0 saturated carbocycles. The lowest BCUT2D eigenvalue weighted by molar-refractivity contribution is 0.107. The Morgan fingerprint density at radius 3 is 1.44 bits per heavy atom. The van der Waals surface area contributed by atoms with E-state index in [0.29, 0.717) is 9.75 Å². The fourth-order valence-electron chi connectivity index (χ4n) is 1.15. The second-order valence-corrected chi connectivity index (χ2v) is 5.73. The summed E-state index contributed by atoms with van der Waals surface area (Å²) in [6, 6.07) is 6.93. The number of halogens is 2. The summed E-state index contributed by atoms with van der Waals surface area (Å²) in [5.41, 5.74) is 0. The van der Waals surface area contributed by atoms with Gasteiger partial charge in [0.15, 0.2) is 0 Å². The first kappa shape index (κ1) is 11.8. The zero-order valence-electron chi connectivity index (χ0n) is 7.70. The lowest BCUT2D eigenvalue weighted by Gasteiger charge is -1.88. The average molecular weight is 291 g/mol. The third-order valence-corrected chi connectivity index (χ3v) is 4.84. The van der Waals surface area contributed by atoms with Crippen LogP contribution in [0.2, 0.25) is 0 Å². The summed E-state index contributed by atoms with van der Waals surface area (Å²) in [7, 11) is 0. The van der Waals surface area contributed by atoms with Gasteiger partial charge in [0, 0.05) is 9.75 Å². The van der Waals surface area contributed by atoms with Crippen LogP contribution in [-0.2, 0) is 0 Å². The molecule has 0 aromatic carbocycles. The monoisotopic (exact) mass is 290 g/mol. The van der Waals surface area contributed by atoms with Gasteiger partial charge in [-0.15, -0.1) is 22.7 Å². The van der Waals surface area contributed by atoms with Crippen molar-refractivity contribution in [2.45, 2.75) is 0 Å². The van der Waals surface area contributed by atoms with E-state index in [0.717, 1.165) is 9.75 Å². The van der Waals surface area contributed by atoms with Crippen molar-refractivity contribution < 1.29 is 9.59 Å². The highest BCUT2D eigenvalue weighted by atomic mass is 35.5. The Morgan fingerprint density at radius 2 is 1.19 bits per heavy atom. The first-order valence-electron chi connectivity index (χ1n) is 4.17. The van der Waals surface area contributed by atoms with Gasteiger partial charge in [-0.2, -0.15) is 0 Å². The fraction of sp³-hybridized carbons (Fsp3) is 0. The molecule has 2 rings (SSSR count). The number of hydrogen-bond donors (Lipinski definition) is 0. The number of carbonyl (C=O) groups excluding carboxylic acids is 2. The Balaban J connectivity index is 2.35. The third kappa shape index (κ3) is 2.35. The second-order valence-electron chi connectivity index (χ2n) is 2.88. The standard InChI is InChI=1S/C10H4Cl2O2S2/c11-9(13)7-3-1-5(15-7)6-2-4-8(16-6)10(12)14/h1-4H. The molecule has 0 unspecified atom stereocenters. The molecule has 0 saturated heterocycles. The highest BCUT2D eigenvalue weighted by molar-refractivity contribution is 7.25. The molecule has 16 heavy (non-hydrogen) atoms. The van der Waals surface area contributed by atoms with Gasteiger partial charge in [0.25, 0.3) is 10.5 Å². The SMILES string of the molecule is O=C(Cl)c1ccc(-c2ccc(C(=O)Cl)s2)s1. The van der Waals surface area contributed by atoms with Crippen LogP contribution >= 0.6 is 45.9 Å². The number of rotatable bonds is 3. The Morgan fingerprint density at radius 1 is 0.812 bits per heavy atom. The Hall–Kier alpha value is -0.680. The number of hydrogen-bond acceptors (Lipinski definition) is 4. The molecule has 2 heterocycles. The molecule has 6 heteroatoms. The maximum atomic E-state index is 10.9. The predicted molar refractivity (Wildman–Crippen MR) is 68.0 cm³/mol. The van der Waals surface area contributed by atoms with E-state index in [-0.39, 0.29) is 0 Å². The highest BCUT2D eigenvalue weighted by Crippen LogP contribution is 2.34. The molecule has 0 radical (unpaired) electrons. The molecule has 82 valence electrons. The van der Waals surface area contributed by atoms with Gasteiger partial charge in [-0.05, 0) is 47.5 Å². The molecule has 0 fully saturated rings. The van der Waals surface area contributed by atoms with Crippen molar-refractivity contribution in [3.8, 4) is 9.75 Å². The molecule has 2 aromatic heterocycles. The second kappa shape index (κ2) is 4.67. The van der Waals surface area contributed by atoms with Crippen LogP contribution in [0.1, 0.15) is 19.3 Å². The van der Waals surface area contributed by atoms with E-state index in [1.54, 1.807) is 24.3 Å². The van der Waals surface area contributed by atoms with E-state index < -0.39 is 10.5 Å². The minimum Gasteiger partial charge on any atom is -0.275 e. The van der Waals surface area contributed by atoms with Gasteiger partial charge in [-0.1, -0.05) is 0 Å². The molecule has 0 atom stereocenters. The number of carbonyl (C=O) groups is 2. The molecular formula is C10H4Cl2O2S2. The number of thiophene rings is 2. The Bertz CT molecular complexity index is 506. The van der Waals surface area contributed by atoms with Gasteiger partial charge >= 0.3 is 0 Å². The van der Waals surface area contributed by atoms with Gasteiger partial charge < -0.3 is 0 Å². The van der Waals surface area contributed by atoms with E-state index in [4.69, 9.17) is 23.2 Å². The van der Waals surface area contributed by atoms with E-state index in [9.17, 15) is 9.59 Å². The van der Waals surface area contributed by atoms with Crippen LogP contribution in [-0.4, -0.2) is 10.5 Å². The fourth-order valence-corrected chi connectivity index (χ4v) is 3.28. The van der Waals surface area contributed by atoms with Crippen molar-refractivity contribution in [2.75, 3.05) is 0 Å². The zero-order chi connectivity index (χ0) is 11.7. The molecule has 0 N–H and O–H groups in total. The molecule has 0 spiro atoms. The molecule has 0 aliphatic rings. The largest absolute Gasteiger partial charge is 0.275 e. The van der Waals surface area contributed by atoms with Gasteiger partial charge in [-0.3, -0.25) is 9.59 Å². The Labute approximate surface area is 109 Å². The van der Waals surface area contributed by atoms with Crippen LogP contribution in [0.3, 0.4) is 0 Å². The predicted octanol–water partition coefficient (Wildman–Crippen LogP) is 4.23. The van der Waals surface area contributed by atoms with Crippen molar-refractivity contribution in [3.05, 3.63) is 34.0 Å². The normalized spacial score (nSPS) is 10.4. The molecule has 0 aliphatic heterocycles. The molecule has 0 aliphatic carbocycles. The maximum Gasteiger partial charge on any atom is 0.262 e. The van der Waals surface area contributed by atoms with Gasteiger partial charge in [0.2, 0.25) is 0 Å². The lowest BCUT2D eigenvalue weighted by atomic mass is 10.3. The van der Waals surface area contributed by atoms with Gasteiger partial charge in [0.05, 0.1) is 9.75 Å². The molecule has 2 aromatic rings. The molecule has 0 amide bonds. The summed E-state index contributed by atoms with van der Waals surface area (Å²) in [4.78, 5) is 24.6. The highest BCUT2D eigenvalue weighted by Gasteiger charge is 2.11. The summed E-state index contributed by atoms with van der Waals surface area (Å²) in [6.45, 7) is 0. The lowest BCUT2D eigenvalue weighted by Crippen LogP contribution is -1.78. The van der Waals surface area contributed by atoms with Crippen LogP contribution in [0.25, 0.3) is 9.75 Å². The van der Waals surface area contributed by atoms with Gasteiger partial charge in [-0.25, -0.2) is 0 Å². The van der Waals surface area contributed by atoms with Crippen LogP contribution in [0.5, 0.6) is 0 Å². The van der Waals surface area contributed by atoms with Crippen LogP contribution in [0.15, 0.2) is 24.3 Å². The summed E-state index contributed by atoms with van der Waals surface area (Å²) in [6.07, 6.45) is 0. The van der Waals surface area contributed by atoms with Crippen molar-refractivity contribution >= 4 is 56.4 Å². The van der Waals surface area contributed by atoms with E-state index in [2.05, 4.69) is 0 Å². The summed E-state index contributed by atoms with van der Waals surface area (Å²) in [5.74, 6) is 0. The van der Waals surface area contributed by atoms with Crippen LogP contribution in [0.4, 0.5) is 0 Å². The molecule has 0 bridgehead atoms. The van der Waals surface area contributed by atoms with Gasteiger partial charge in [0.1, 0.15) is 0 Å². The van der Waals surface area contributed by atoms with Crippen molar-refractivity contribution in [1.29, 1.82) is 0 Å². The smallest absolute Gasteiger partial charge is 0.262 e. The van der Waals surface area contributed by atoms with Crippen LogP contribution < -0.4 is 0 Å². The quantitative estimate of drug-likeness (QED) is 0.793. The van der Waals surface area contributed by atoms with Crippen LogP contribution in [0, 0.1) is 0 Å². The van der Waals surface area contributed by atoms with E-state index >= 15 is 0 Å². The minimum atomic E-state index is -0.471. The zero-order valence-corrected chi connectivity index (χ0v) is 10.8. The maximum absolute atomic E-state index is 10.9. The average Bonchev–Trinajstić information content (AvgIpc) is 2.86. The van der Waals surface area contributed by atoms with Crippen molar-refractivity contribution in [1.82, 2.24) is 0 Å². The van der Waals surface area contributed by atoms with E-state index in [1.165, 1.54) is 22.7 Å². The molecule has 2 nitrogen and oxygen atoms in total. The third-order valence-electron chi connectivity index (χ3n) is 1.84. The van der Waals surface area contributed by atoms with E-state index in [1.807, 2.05) is 0 Å². The first-order valence-corrected chi connectivity index (χ1v) is 6.56. The Kier molecular flexibility index (Phi) is 3.44. The summed E-state index contributed by atoms with van der Waals surface area (Å²) >= 11 is 13.3. The van der Waals surface area contributed by atoms with Crippen molar-refractivity contribution in [2.24, 2.45) is 0 Å². The molecular weight excluding hydrogens is 287 g/mol. The summed E-state index contributed by atoms with van der Waals surface area (Å²) < 4.78 is 0. The summed E-state index contributed by atoms with van der Waals surface area (Å²) in [5, 5.41) is -0.942. The topological polar surface area (TPSA) is 34.1 Å². The minimum absolute atomic E-state index is 0.471. The van der Waals surface area contributed by atoms with Crippen molar-refractivity contribution in [3.63, 3.8) is 0 Å².